The van der Waals surface area contributed by atoms with E-state index in [1.807, 2.05) is 13.0 Å². The van der Waals surface area contributed by atoms with Crippen LogP contribution in [0.1, 0.15) is 24.8 Å². The zero-order chi connectivity index (χ0) is 12.0. The molecule has 0 fully saturated rings. The number of pyridine rings is 1. The van der Waals surface area contributed by atoms with Gasteiger partial charge in [0.05, 0.1) is 11.9 Å². The van der Waals surface area contributed by atoms with Crippen molar-refractivity contribution in [3.8, 4) is 0 Å². The summed E-state index contributed by atoms with van der Waals surface area (Å²) >= 11 is 8.84. The molecule has 88 valence electrons. The maximum Gasteiger partial charge on any atom is 0.224 e. The third-order valence-electron chi connectivity index (χ3n) is 2.09. The van der Waals surface area contributed by atoms with Gasteiger partial charge in [-0.2, -0.15) is 0 Å². The van der Waals surface area contributed by atoms with Crippen LogP contribution in [0.3, 0.4) is 0 Å². The minimum absolute atomic E-state index is 0.00800. The molecule has 0 aliphatic heterocycles. The van der Waals surface area contributed by atoms with Crippen LogP contribution in [0.2, 0.25) is 0 Å². The average molecular weight is 306 g/mol. The van der Waals surface area contributed by atoms with Gasteiger partial charge >= 0.3 is 0 Å². The third kappa shape index (κ3) is 4.49. The number of anilines is 1. The van der Waals surface area contributed by atoms with Gasteiger partial charge in [-0.15, -0.1) is 11.6 Å². The predicted molar refractivity (Wildman–Crippen MR) is 69.9 cm³/mol. The molecule has 1 N–H and O–H groups in total. The number of amides is 1. The van der Waals surface area contributed by atoms with E-state index in [4.69, 9.17) is 11.6 Å². The van der Waals surface area contributed by atoms with Crippen LogP contribution in [0, 0.1) is 6.92 Å². The topological polar surface area (TPSA) is 42.0 Å². The highest BCUT2D eigenvalue weighted by atomic mass is 79.9. The molecule has 0 aliphatic rings. The van der Waals surface area contributed by atoms with Gasteiger partial charge in [-0.3, -0.25) is 4.79 Å². The Labute approximate surface area is 109 Å². The smallest absolute Gasteiger partial charge is 0.224 e. The Balaban J connectivity index is 2.46. The number of rotatable bonds is 5. The molecular formula is C11H14BrClN2O. The molecule has 0 spiro atoms. The fourth-order valence-electron chi connectivity index (χ4n) is 1.23. The van der Waals surface area contributed by atoms with Crippen molar-refractivity contribution in [3.05, 3.63) is 22.4 Å². The molecule has 0 aromatic carbocycles. The first-order valence-electron chi connectivity index (χ1n) is 5.11. The number of hydrogen-bond acceptors (Lipinski definition) is 2. The highest BCUT2D eigenvalue weighted by Crippen LogP contribution is 2.16. The summed E-state index contributed by atoms with van der Waals surface area (Å²) in [4.78, 5) is 15.6. The van der Waals surface area contributed by atoms with Crippen molar-refractivity contribution in [2.24, 2.45) is 0 Å². The number of halogens is 2. The highest BCUT2D eigenvalue weighted by Gasteiger charge is 2.03. The zero-order valence-corrected chi connectivity index (χ0v) is 11.4. The third-order valence-corrected chi connectivity index (χ3v) is 3.18. The number of carbonyl (C=O) groups excluding carboxylic acids is 1. The number of hydrogen-bond donors (Lipinski definition) is 1. The largest absolute Gasteiger partial charge is 0.325 e. The van der Waals surface area contributed by atoms with E-state index in [1.54, 1.807) is 6.20 Å². The molecule has 3 nitrogen and oxygen atoms in total. The van der Waals surface area contributed by atoms with E-state index in [-0.39, 0.29) is 5.91 Å². The quantitative estimate of drug-likeness (QED) is 0.514. The summed E-state index contributed by atoms with van der Waals surface area (Å²) in [5, 5.41) is 2.80. The van der Waals surface area contributed by atoms with Crippen LogP contribution in [0.15, 0.2) is 16.9 Å². The summed E-state index contributed by atoms with van der Waals surface area (Å²) in [6.45, 7) is 1.93. The van der Waals surface area contributed by atoms with Gasteiger partial charge in [0.2, 0.25) is 5.91 Å². The Morgan fingerprint density at radius 2 is 2.31 bits per heavy atom. The number of nitrogens with one attached hydrogen (secondary N) is 1. The number of aromatic nitrogens is 1. The Morgan fingerprint density at radius 1 is 1.56 bits per heavy atom. The van der Waals surface area contributed by atoms with E-state index in [2.05, 4.69) is 26.2 Å². The molecule has 0 saturated carbocycles. The van der Waals surface area contributed by atoms with Gasteiger partial charge < -0.3 is 5.32 Å². The van der Waals surface area contributed by atoms with E-state index in [1.165, 1.54) is 0 Å². The molecule has 0 saturated heterocycles. The SMILES string of the molecule is Cc1cc(NC(=O)CCCCCl)cnc1Br. The second-order valence-corrected chi connectivity index (χ2v) is 4.66. The first kappa shape index (κ1) is 13.5. The monoisotopic (exact) mass is 304 g/mol. The molecule has 1 heterocycles. The normalized spacial score (nSPS) is 10.2. The van der Waals surface area contributed by atoms with E-state index in [9.17, 15) is 4.79 Å². The van der Waals surface area contributed by atoms with Gasteiger partial charge in [0.15, 0.2) is 0 Å². The number of unbranched alkanes of at least 4 members (excludes halogenated alkanes) is 1. The van der Waals surface area contributed by atoms with Gasteiger partial charge in [0.1, 0.15) is 4.60 Å². The maximum absolute atomic E-state index is 11.5. The van der Waals surface area contributed by atoms with Crippen LogP contribution < -0.4 is 5.32 Å². The van der Waals surface area contributed by atoms with Gasteiger partial charge in [-0.25, -0.2) is 4.98 Å². The van der Waals surface area contributed by atoms with Crippen molar-refractivity contribution in [2.45, 2.75) is 26.2 Å². The molecule has 0 bridgehead atoms. The van der Waals surface area contributed by atoms with E-state index >= 15 is 0 Å². The van der Waals surface area contributed by atoms with E-state index in [0.717, 1.165) is 28.7 Å². The standard InChI is InChI=1S/C11H14BrClN2O/c1-8-6-9(7-14-11(8)12)15-10(16)4-2-3-5-13/h6-7H,2-5H2,1H3,(H,15,16). The van der Waals surface area contributed by atoms with Crippen LogP contribution >= 0.6 is 27.5 Å². The van der Waals surface area contributed by atoms with Crippen LogP contribution in [0.4, 0.5) is 5.69 Å². The number of aryl methyl sites for hydroxylation is 1. The lowest BCUT2D eigenvalue weighted by Crippen LogP contribution is -2.11. The summed E-state index contributed by atoms with van der Waals surface area (Å²) < 4.78 is 0.799. The van der Waals surface area contributed by atoms with Gasteiger partial charge in [-0.1, -0.05) is 0 Å². The Morgan fingerprint density at radius 3 is 2.94 bits per heavy atom. The summed E-state index contributed by atoms with van der Waals surface area (Å²) in [6, 6.07) is 1.89. The molecule has 0 radical (unpaired) electrons. The molecule has 1 aromatic rings. The van der Waals surface area contributed by atoms with Crippen molar-refractivity contribution in [3.63, 3.8) is 0 Å². The van der Waals surface area contributed by atoms with E-state index in [0.29, 0.717) is 12.3 Å². The van der Waals surface area contributed by atoms with Crippen LogP contribution in [0.25, 0.3) is 0 Å². The molecule has 1 rings (SSSR count). The molecule has 1 amide bonds. The Hall–Kier alpha value is -0.610. The lowest BCUT2D eigenvalue weighted by atomic mass is 10.2. The summed E-state index contributed by atoms with van der Waals surface area (Å²) in [5.41, 5.74) is 1.73. The summed E-state index contributed by atoms with van der Waals surface area (Å²) in [6.07, 6.45) is 3.82. The van der Waals surface area contributed by atoms with E-state index < -0.39 is 0 Å². The van der Waals surface area contributed by atoms with Crippen LogP contribution in [-0.4, -0.2) is 16.8 Å². The van der Waals surface area contributed by atoms with Gasteiger partial charge in [0, 0.05) is 12.3 Å². The minimum Gasteiger partial charge on any atom is -0.325 e. The minimum atomic E-state index is 0.00800. The fourth-order valence-corrected chi connectivity index (χ4v) is 1.64. The lowest BCUT2D eigenvalue weighted by Gasteiger charge is -2.06. The van der Waals surface area contributed by atoms with Crippen molar-refractivity contribution >= 4 is 39.1 Å². The van der Waals surface area contributed by atoms with Crippen LogP contribution in [-0.2, 0) is 4.79 Å². The molecular weight excluding hydrogens is 291 g/mol. The number of alkyl halides is 1. The second kappa shape index (κ2) is 6.86. The zero-order valence-electron chi connectivity index (χ0n) is 9.09. The summed E-state index contributed by atoms with van der Waals surface area (Å²) in [5.74, 6) is 0.611. The van der Waals surface area contributed by atoms with Crippen molar-refractivity contribution < 1.29 is 4.79 Å². The molecule has 0 atom stereocenters. The number of nitrogens with zero attached hydrogens (tertiary/aromatic N) is 1. The molecule has 0 aliphatic carbocycles. The lowest BCUT2D eigenvalue weighted by molar-refractivity contribution is -0.116. The van der Waals surface area contributed by atoms with Gasteiger partial charge in [-0.05, 0) is 47.3 Å². The predicted octanol–water partition coefficient (Wildman–Crippen LogP) is 3.50. The second-order valence-electron chi connectivity index (χ2n) is 3.53. The van der Waals surface area contributed by atoms with Crippen molar-refractivity contribution in [1.29, 1.82) is 0 Å². The van der Waals surface area contributed by atoms with Crippen molar-refractivity contribution in [2.75, 3.05) is 11.2 Å². The van der Waals surface area contributed by atoms with Gasteiger partial charge in [0.25, 0.3) is 0 Å². The average Bonchev–Trinajstić information content (AvgIpc) is 2.24. The molecule has 0 unspecified atom stereocenters. The Bertz CT molecular complexity index is 371. The molecule has 16 heavy (non-hydrogen) atoms. The first-order valence-corrected chi connectivity index (χ1v) is 6.44. The maximum atomic E-state index is 11.5. The van der Waals surface area contributed by atoms with Crippen molar-refractivity contribution in [1.82, 2.24) is 4.98 Å². The molecule has 1 aromatic heterocycles. The summed E-state index contributed by atoms with van der Waals surface area (Å²) in [7, 11) is 0. The Kier molecular flexibility index (Phi) is 5.77. The van der Waals surface area contributed by atoms with Crippen LogP contribution in [0.5, 0.6) is 0 Å². The fraction of sp³-hybridized carbons (Fsp3) is 0.455. The first-order chi connectivity index (χ1) is 7.63. The molecule has 5 heteroatoms. The highest BCUT2D eigenvalue weighted by molar-refractivity contribution is 9.10. The number of carbonyl (C=O) groups is 1.